The minimum Gasteiger partial charge on any atom is -0.393 e. The molecule has 0 aliphatic heterocycles. The largest absolute Gasteiger partial charge is 0.393 e. The lowest BCUT2D eigenvalue weighted by molar-refractivity contribution is -0.274. The van der Waals surface area contributed by atoms with E-state index in [2.05, 4.69) is 41.2 Å². The molecular weight excluding hydrogens is 424 g/mol. The summed E-state index contributed by atoms with van der Waals surface area (Å²) in [6.07, 6.45) is 6.33. The second kappa shape index (κ2) is 8.30. The average molecular weight is 477 g/mol. The predicted octanol–water partition coefficient (Wildman–Crippen LogP) is 5.47. The molecule has 0 spiro atoms. The van der Waals surface area contributed by atoms with Crippen molar-refractivity contribution in [3.8, 4) is 0 Å². The molecule has 4 aliphatic carbocycles. The van der Waals surface area contributed by atoms with Crippen molar-refractivity contribution >= 4 is 0 Å². The third kappa shape index (κ3) is 3.60. The van der Waals surface area contributed by atoms with Gasteiger partial charge in [0.2, 0.25) is 0 Å². The van der Waals surface area contributed by atoms with Gasteiger partial charge in [0, 0.05) is 0 Å². The standard InChI is InChI=1S/C30H52O4/c1-18(2)10-9-13-30(8,34)19-11-15-28(6)24(19)20(31)16-22-27(5)14-12-23(33)26(3,4)25(27)21(32)17-29(22,28)7/h19-25,31-34H,1,9-17H2,2-8H3/t19-,20+,21-,22+,23-,24-,25+,27+,28+,29+,30-/m0/s1. The molecule has 4 nitrogen and oxygen atoms in total. The maximum Gasteiger partial charge on any atom is 0.0651 e. The van der Waals surface area contributed by atoms with Crippen LogP contribution in [0.3, 0.4) is 0 Å². The van der Waals surface area contributed by atoms with Crippen LogP contribution in [-0.4, -0.2) is 44.3 Å². The molecule has 4 aliphatic rings. The highest BCUT2D eigenvalue weighted by atomic mass is 16.3. The van der Waals surface area contributed by atoms with Gasteiger partial charge in [-0.05, 0) is 117 Å². The van der Waals surface area contributed by atoms with Crippen molar-refractivity contribution in [3.63, 3.8) is 0 Å². The van der Waals surface area contributed by atoms with Crippen LogP contribution in [0.5, 0.6) is 0 Å². The van der Waals surface area contributed by atoms with E-state index in [4.69, 9.17) is 0 Å². The van der Waals surface area contributed by atoms with Crippen LogP contribution in [0, 0.1) is 45.3 Å². The molecule has 0 radical (unpaired) electrons. The highest BCUT2D eigenvalue weighted by Crippen LogP contribution is 2.75. The predicted molar refractivity (Wildman–Crippen MR) is 137 cm³/mol. The van der Waals surface area contributed by atoms with Gasteiger partial charge >= 0.3 is 0 Å². The number of allylic oxidation sites excluding steroid dienone is 1. The Bertz CT molecular complexity index is 804. The topological polar surface area (TPSA) is 80.9 Å². The first-order valence-corrected chi connectivity index (χ1v) is 13.9. The third-order valence-electron chi connectivity index (χ3n) is 12.3. The number of hydrogen-bond donors (Lipinski definition) is 4. The van der Waals surface area contributed by atoms with Crippen LogP contribution in [0.4, 0.5) is 0 Å². The summed E-state index contributed by atoms with van der Waals surface area (Å²) in [4.78, 5) is 0. The first kappa shape index (κ1) is 26.6. The van der Waals surface area contributed by atoms with Gasteiger partial charge in [-0.2, -0.15) is 0 Å². The summed E-state index contributed by atoms with van der Waals surface area (Å²) in [5, 5.41) is 46.0. The van der Waals surface area contributed by atoms with Crippen molar-refractivity contribution in [3.05, 3.63) is 12.2 Å². The van der Waals surface area contributed by atoms with Crippen LogP contribution in [-0.2, 0) is 0 Å². The number of rotatable bonds is 5. The highest BCUT2D eigenvalue weighted by Gasteiger charge is 2.72. The number of hydrogen-bond acceptors (Lipinski definition) is 4. The molecule has 0 saturated heterocycles. The molecule has 4 rings (SSSR count). The third-order valence-corrected chi connectivity index (χ3v) is 12.3. The van der Waals surface area contributed by atoms with Crippen molar-refractivity contribution in [1.82, 2.24) is 0 Å². The number of fused-ring (bicyclic) bond motifs is 5. The molecule has 0 aromatic carbocycles. The molecule has 4 fully saturated rings. The molecule has 4 N–H and O–H groups in total. The monoisotopic (exact) mass is 476 g/mol. The van der Waals surface area contributed by atoms with E-state index in [9.17, 15) is 20.4 Å². The Balaban J connectivity index is 1.69. The van der Waals surface area contributed by atoms with E-state index in [-0.39, 0.29) is 39.4 Å². The Kier molecular flexibility index (Phi) is 6.50. The first-order valence-electron chi connectivity index (χ1n) is 13.9. The second-order valence-corrected chi connectivity index (χ2v) is 14.7. The van der Waals surface area contributed by atoms with Crippen molar-refractivity contribution in [2.45, 2.75) is 130 Å². The van der Waals surface area contributed by atoms with E-state index in [1.54, 1.807) is 0 Å². The van der Waals surface area contributed by atoms with E-state index < -0.39 is 23.9 Å². The van der Waals surface area contributed by atoms with Gasteiger partial charge < -0.3 is 20.4 Å². The maximum atomic E-state index is 11.8. The summed E-state index contributed by atoms with van der Waals surface area (Å²) < 4.78 is 0. The summed E-state index contributed by atoms with van der Waals surface area (Å²) in [7, 11) is 0. The highest BCUT2D eigenvalue weighted by molar-refractivity contribution is 5.21. The zero-order chi connectivity index (χ0) is 25.5. The normalized spacial score (nSPS) is 51.7. The van der Waals surface area contributed by atoms with Gasteiger partial charge in [-0.25, -0.2) is 0 Å². The molecular formula is C30H52O4. The molecule has 196 valence electrons. The van der Waals surface area contributed by atoms with Gasteiger partial charge in [0.15, 0.2) is 0 Å². The van der Waals surface area contributed by atoms with Crippen molar-refractivity contribution < 1.29 is 20.4 Å². The summed E-state index contributed by atoms with van der Waals surface area (Å²) in [6, 6.07) is 0. The molecule has 4 heteroatoms. The molecule has 34 heavy (non-hydrogen) atoms. The average Bonchev–Trinajstić information content (AvgIpc) is 3.07. The van der Waals surface area contributed by atoms with Crippen LogP contribution >= 0.6 is 0 Å². The Morgan fingerprint density at radius 2 is 1.62 bits per heavy atom. The molecule has 0 amide bonds. The Morgan fingerprint density at radius 1 is 0.971 bits per heavy atom. The van der Waals surface area contributed by atoms with Gasteiger partial charge in [-0.1, -0.05) is 40.2 Å². The zero-order valence-corrected chi connectivity index (χ0v) is 22.9. The van der Waals surface area contributed by atoms with Crippen LogP contribution in [0.25, 0.3) is 0 Å². The van der Waals surface area contributed by atoms with E-state index in [1.165, 1.54) is 0 Å². The van der Waals surface area contributed by atoms with Gasteiger partial charge in [0.1, 0.15) is 0 Å². The van der Waals surface area contributed by atoms with Crippen LogP contribution in [0.2, 0.25) is 0 Å². The van der Waals surface area contributed by atoms with Crippen LogP contribution in [0.15, 0.2) is 12.2 Å². The smallest absolute Gasteiger partial charge is 0.0651 e. The van der Waals surface area contributed by atoms with Crippen LogP contribution < -0.4 is 0 Å². The van der Waals surface area contributed by atoms with Crippen molar-refractivity contribution in [2.75, 3.05) is 0 Å². The lowest BCUT2D eigenvalue weighted by atomic mass is 9.34. The van der Waals surface area contributed by atoms with E-state index in [0.717, 1.165) is 63.4 Å². The lowest BCUT2D eigenvalue weighted by Crippen LogP contribution is -2.69. The van der Waals surface area contributed by atoms with Crippen molar-refractivity contribution in [1.29, 1.82) is 0 Å². The Labute approximate surface area is 208 Å². The number of aliphatic hydroxyl groups excluding tert-OH is 3. The fourth-order valence-electron chi connectivity index (χ4n) is 10.6. The van der Waals surface area contributed by atoms with E-state index in [0.29, 0.717) is 5.92 Å². The summed E-state index contributed by atoms with van der Waals surface area (Å²) in [6.45, 7) is 19.4. The quantitative estimate of drug-likeness (QED) is 0.397. The molecule has 0 aromatic heterocycles. The van der Waals surface area contributed by atoms with Gasteiger partial charge in [0.25, 0.3) is 0 Å². The number of aliphatic hydroxyl groups is 4. The minimum absolute atomic E-state index is 0.0247. The SMILES string of the molecule is C=C(C)CCC[C@](C)(O)[C@H]1CC[C@]2(C)[C@@H]1[C@H](O)C[C@@H]1[C@@]3(C)CC[C@H](O)C(C)(C)[C@H]3[C@@H](O)C[C@]12C. The van der Waals surface area contributed by atoms with Gasteiger partial charge in [-0.3, -0.25) is 0 Å². The first-order chi connectivity index (χ1) is 15.5. The Morgan fingerprint density at radius 3 is 2.24 bits per heavy atom. The van der Waals surface area contributed by atoms with Gasteiger partial charge in [-0.15, -0.1) is 6.58 Å². The molecule has 0 heterocycles. The molecule has 4 saturated carbocycles. The molecule has 11 atom stereocenters. The van der Waals surface area contributed by atoms with Gasteiger partial charge in [0.05, 0.1) is 23.9 Å². The van der Waals surface area contributed by atoms with E-state index >= 15 is 0 Å². The summed E-state index contributed by atoms with van der Waals surface area (Å²) >= 11 is 0. The van der Waals surface area contributed by atoms with Crippen LogP contribution in [0.1, 0.15) is 106 Å². The van der Waals surface area contributed by atoms with Crippen molar-refractivity contribution in [2.24, 2.45) is 45.3 Å². The lowest BCUT2D eigenvalue weighted by Gasteiger charge is -2.71. The maximum absolute atomic E-state index is 11.8. The minimum atomic E-state index is -0.807. The molecule has 0 bridgehead atoms. The molecule has 0 unspecified atom stereocenters. The fraction of sp³-hybridized carbons (Fsp3) is 0.933. The zero-order valence-electron chi connectivity index (χ0n) is 22.9. The molecule has 0 aromatic rings. The fourth-order valence-corrected chi connectivity index (χ4v) is 10.6. The second-order valence-electron chi connectivity index (χ2n) is 14.7. The Hall–Kier alpha value is -0.420. The summed E-state index contributed by atoms with van der Waals surface area (Å²) in [5.74, 6) is 0.436. The van der Waals surface area contributed by atoms with E-state index in [1.807, 2.05) is 13.8 Å². The summed E-state index contributed by atoms with van der Waals surface area (Å²) in [5.41, 5.74) is -0.359.